The smallest absolute Gasteiger partial charge is 0.274 e. The fourth-order valence-corrected chi connectivity index (χ4v) is 2.48. The van der Waals surface area contributed by atoms with Gasteiger partial charge in [0.05, 0.1) is 16.7 Å². The molecule has 1 aromatic rings. The molecule has 1 aliphatic rings. The van der Waals surface area contributed by atoms with Crippen LogP contribution in [0.5, 0.6) is 0 Å². The summed E-state index contributed by atoms with van der Waals surface area (Å²) in [6.07, 6.45) is 3.23. The molecule has 1 saturated heterocycles. The van der Waals surface area contributed by atoms with Crippen molar-refractivity contribution in [3.63, 3.8) is 0 Å². The molecule has 0 saturated carbocycles. The van der Waals surface area contributed by atoms with E-state index in [2.05, 4.69) is 10.6 Å². The molecule has 0 aliphatic carbocycles. The first-order valence-corrected chi connectivity index (χ1v) is 7.00. The lowest BCUT2D eigenvalue weighted by Crippen LogP contribution is -2.28. The molecule has 0 bridgehead atoms. The summed E-state index contributed by atoms with van der Waals surface area (Å²) in [5, 5.41) is 16.4. The topological polar surface area (TPSA) is 84.3 Å². The first-order valence-electron chi connectivity index (χ1n) is 7.00. The molecule has 1 heterocycles. The number of anilines is 1. The zero-order valence-corrected chi connectivity index (χ0v) is 11.6. The van der Waals surface area contributed by atoms with Gasteiger partial charge in [-0.15, -0.1) is 0 Å². The Balaban J connectivity index is 1.88. The summed E-state index contributed by atoms with van der Waals surface area (Å²) in [6.45, 7) is 1.95. The van der Waals surface area contributed by atoms with Crippen molar-refractivity contribution < 1.29 is 14.1 Å². The van der Waals surface area contributed by atoms with Crippen molar-refractivity contribution in [2.24, 2.45) is 5.92 Å². The highest BCUT2D eigenvalue weighted by molar-refractivity contribution is 5.91. The zero-order valence-electron chi connectivity index (χ0n) is 11.6. The summed E-state index contributed by atoms with van der Waals surface area (Å²) in [5.74, 6) is -0.454. The second-order valence-corrected chi connectivity index (χ2v) is 5.24. The molecular weight excluding hydrogens is 277 g/mol. The number of nitrogens with one attached hydrogen (secondary N) is 2. The lowest BCUT2D eigenvalue weighted by atomic mass is 9.93. The largest absolute Gasteiger partial charge is 0.326 e. The van der Waals surface area contributed by atoms with Crippen LogP contribution in [0.3, 0.4) is 0 Å². The molecule has 21 heavy (non-hydrogen) atoms. The normalized spacial score (nSPS) is 15.7. The highest BCUT2D eigenvalue weighted by atomic mass is 19.1. The molecule has 1 fully saturated rings. The Morgan fingerprint density at radius 1 is 1.38 bits per heavy atom. The molecule has 6 nitrogen and oxygen atoms in total. The van der Waals surface area contributed by atoms with E-state index in [1.807, 2.05) is 0 Å². The first-order chi connectivity index (χ1) is 10.0. The number of rotatable bonds is 5. The number of nitro benzene ring substituents is 1. The van der Waals surface area contributed by atoms with E-state index >= 15 is 0 Å². The number of nitro groups is 1. The third-order valence-electron chi connectivity index (χ3n) is 3.62. The summed E-state index contributed by atoms with van der Waals surface area (Å²) >= 11 is 0. The Kier molecular flexibility index (Phi) is 5.21. The van der Waals surface area contributed by atoms with Gasteiger partial charge in [0.15, 0.2) is 0 Å². The predicted molar refractivity (Wildman–Crippen MR) is 76.5 cm³/mol. The second-order valence-electron chi connectivity index (χ2n) is 5.24. The van der Waals surface area contributed by atoms with Crippen molar-refractivity contribution in [2.45, 2.75) is 25.7 Å². The number of non-ortho nitro benzene ring substituents is 1. The van der Waals surface area contributed by atoms with Crippen molar-refractivity contribution >= 4 is 17.3 Å². The number of piperidine rings is 1. The Morgan fingerprint density at radius 3 is 2.76 bits per heavy atom. The van der Waals surface area contributed by atoms with Crippen LogP contribution < -0.4 is 10.6 Å². The van der Waals surface area contributed by atoms with Gasteiger partial charge in [0.1, 0.15) is 5.82 Å². The maximum atomic E-state index is 13.3. The van der Waals surface area contributed by atoms with Gasteiger partial charge in [0, 0.05) is 12.5 Å². The van der Waals surface area contributed by atoms with Gasteiger partial charge in [0.2, 0.25) is 5.91 Å². The van der Waals surface area contributed by atoms with Crippen LogP contribution in [0.1, 0.15) is 25.7 Å². The number of hydrogen-bond donors (Lipinski definition) is 2. The minimum absolute atomic E-state index is 0.122. The average molecular weight is 295 g/mol. The molecule has 1 amide bonds. The number of carbonyl (C=O) groups excluding carboxylic acids is 1. The van der Waals surface area contributed by atoms with Gasteiger partial charge in [-0.25, -0.2) is 4.39 Å². The van der Waals surface area contributed by atoms with E-state index in [9.17, 15) is 19.3 Å². The maximum Gasteiger partial charge on any atom is 0.274 e. The van der Waals surface area contributed by atoms with E-state index in [4.69, 9.17) is 0 Å². The fraction of sp³-hybridized carbons (Fsp3) is 0.500. The molecule has 0 atom stereocenters. The van der Waals surface area contributed by atoms with Crippen molar-refractivity contribution in [1.82, 2.24) is 5.32 Å². The van der Waals surface area contributed by atoms with Crippen LogP contribution in [-0.2, 0) is 4.79 Å². The number of hydrogen-bond acceptors (Lipinski definition) is 4. The van der Waals surface area contributed by atoms with Gasteiger partial charge in [-0.05, 0) is 44.3 Å². The minimum Gasteiger partial charge on any atom is -0.326 e. The zero-order chi connectivity index (χ0) is 15.2. The van der Waals surface area contributed by atoms with Crippen molar-refractivity contribution in [3.8, 4) is 0 Å². The van der Waals surface area contributed by atoms with Crippen LogP contribution in [0.25, 0.3) is 0 Å². The first kappa shape index (κ1) is 15.4. The summed E-state index contributed by atoms with van der Waals surface area (Å²) in [7, 11) is 0. The van der Waals surface area contributed by atoms with Gasteiger partial charge in [0.25, 0.3) is 5.69 Å². The SMILES string of the molecule is O=C(CCC1CCNCC1)Nc1cc(F)cc([N+](=O)[O-])c1. The summed E-state index contributed by atoms with van der Waals surface area (Å²) in [6, 6.07) is 3.06. The Hall–Kier alpha value is -2.02. The molecule has 1 aromatic carbocycles. The van der Waals surface area contributed by atoms with Crippen LogP contribution in [0.2, 0.25) is 0 Å². The number of benzene rings is 1. The quantitative estimate of drug-likeness (QED) is 0.645. The predicted octanol–water partition coefficient (Wildman–Crippen LogP) is 2.45. The monoisotopic (exact) mass is 295 g/mol. The van der Waals surface area contributed by atoms with Gasteiger partial charge in [-0.1, -0.05) is 0 Å². The highest BCUT2D eigenvalue weighted by Crippen LogP contribution is 2.21. The van der Waals surface area contributed by atoms with Crippen molar-refractivity contribution in [2.75, 3.05) is 18.4 Å². The molecule has 2 rings (SSSR count). The van der Waals surface area contributed by atoms with Crippen molar-refractivity contribution in [1.29, 1.82) is 0 Å². The van der Waals surface area contributed by atoms with Gasteiger partial charge in [-0.2, -0.15) is 0 Å². The molecule has 1 aliphatic heterocycles. The molecule has 114 valence electrons. The lowest BCUT2D eigenvalue weighted by Gasteiger charge is -2.22. The van der Waals surface area contributed by atoms with Crippen LogP contribution >= 0.6 is 0 Å². The maximum absolute atomic E-state index is 13.3. The van der Waals surface area contributed by atoms with Crippen LogP contribution in [0, 0.1) is 21.8 Å². The summed E-state index contributed by atoms with van der Waals surface area (Å²) in [5.41, 5.74) is -0.249. The fourth-order valence-electron chi connectivity index (χ4n) is 2.48. The van der Waals surface area contributed by atoms with Gasteiger partial charge in [-0.3, -0.25) is 14.9 Å². The molecule has 0 aromatic heterocycles. The number of carbonyl (C=O) groups is 1. The summed E-state index contributed by atoms with van der Waals surface area (Å²) < 4.78 is 13.3. The van der Waals surface area contributed by atoms with Crippen molar-refractivity contribution in [3.05, 3.63) is 34.1 Å². The highest BCUT2D eigenvalue weighted by Gasteiger charge is 2.15. The number of halogens is 1. The van der Waals surface area contributed by atoms with Crippen LogP contribution in [-0.4, -0.2) is 23.9 Å². The van der Waals surface area contributed by atoms with Crippen LogP contribution in [0.4, 0.5) is 15.8 Å². The van der Waals surface area contributed by atoms with E-state index in [1.165, 1.54) is 0 Å². The van der Waals surface area contributed by atoms with E-state index in [1.54, 1.807) is 0 Å². The average Bonchev–Trinajstić information content (AvgIpc) is 2.45. The molecule has 0 spiro atoms. The Labute approximate surface area is 121 Å². The second kappa shape index (κ2) is 7.12. The number of nitrogens with zero attached hydrogens (tertiary/aromatic N) is 1. The molecular formula is C14H18FN3O3. The summed E-state index contributed by atoms with van der Waals surface area (Å²) in [4.78, 5) is 21.8. The van der Waals surface area contributed by atoms with E-state index in [-0.39, 0.29) is 17.3 Å². The van der Waals surface area contributed by atoms with Gasteiger partial charge < -0.3 is 10.6 Å². The van der Waals surface area contributed by atoms with E-state index < -0.39 is 10.7 Å². The molecule has 7 heteroatoms. The minimum atomic E-state index is -0.738. The third kappa shape index (κ3) is 4.78. The third-order valence-corrected chi connectivity index (χ3v) is 3.62. The molecule has 2 N–H and O–H groups in total. The standard InChI is InChI=1S/C14H18FN3O3/c15-11-7-12(9-13(8-11)18(20)21)17-14(19)2-1-10-3-5-16-6-4-10/h7-10,16H,1-6H2,(H,17,19). The van der Waals surface area contributed by atoms with E-state index in [0.29, 0.717) is 12.3 Å². The van der Waals surface area contributed by atoms with E-state index in [0.717, 1.165) is 50.6 Å². The van der Waals surface area contributed by atoms with Gasteiger partial charge >= 0.3 is 0 Å². The molecule has 0 unspecified atom stereocenters. The Morgan fingerprint density at radius 2 is 2.10 bits per heavy atom. The Bertz CT molecular complexity index is 530. The van der Waals surface area contributed by atoms with Crippen LogP contribution in [0.15, 0.2) is 18.2 Å². The lowest BCUT2D eigenvalue weighted by molar-refractivity contribution is -0.385. The molecule has 0 radical (unpaired) electrons. The number of amides is 1.